The zero-order valence-electron chi connectivity index (χ0n) is 15.3. The van der Waals surface area contributed by atoms with Crippen molar-refractivity contribution >= 4 is 24.0 Å². The fourth-order valence-corrected chi connectivity index (χ4v) is 3.93. The molecular weight excluding hydrogens is 368 g/mol. The zero-order valence-corrected chi connectivity index (χ0v) is 16.1. The van der Waals surface area contributed by atoms with Crippen LogP contribution in [0.25, 0.3) is 0 Å². The van der Waals surface area contributed by atoms with Crippen LogP contribution >= 0.6 is 12.4 Å². The Balaban J connectivity index is 0.00000210. The van der Waals surface area contributed by atoms with Crippen LogP contribution in [0.1, 0.15) is 43.8 Å². The summed E-state index contributed by atoms with van der Waals surface area (Å²) >= 11 is 0. The number of nitrogens with zero attached hydrogens (tertiary/aromatic N) is 2. The van der Waals surface area contributed by atoms with E-state index in [0.717, 1.165) is 12.1 Å². The summed E-state index contributed by atoms with van der Waals surface area (Å²) in [5, 5.41) is 10.3. The second-order valence-corrected chi connectivity index (χ2v) is 7.14. The van der Waals surface area contributed by atoms with E-state index in [0.29, 0.717) is 29.4 Å². The van der Waals surface area contributed by atoms with Crippen molar-refractivity contribution in [2.75, 3.05) is 5.32 Å². The van der Waals surface area contributed by atoms with Gasteiger partial charge in [0, 0.05) is 18.7 Å². The summed E-state index contributed by atoms with van der Waals surface area (Å²) in [4.78, 5) is 16.6. The highest BCUT2D eigenvalue weighted by Gasteiger charge is 2.38. The molecule has 3 unspecified atom stereocenters. The number of benzene rings is 1. The number of nitrogens with one attached hydrogen (secondary N) is 2. The Kier molecular flexibility index (Phi) is 6.34. The summed E-state index contributed by atoms with van der Waals surface area (Å²) in [5.41, 5.74) is 0.773. The van der Waals surface area contributed by atoms with E-state index in [2.05, 4.69) is 20.8 Å². The molecule has 1 aromatic carbocycles. The largest absolute Gasteiger partial charge is 0.485 e. The number of ether oxygens (including phenoxy) is 1. The molecule has 146 valence electrons. The summed E-state index contributed by atoms with van der Waals surface area (Å²) in [6, 6.07) is 7.77. The van der Waals surface area contributed by atoms with E-state index < -0.39 is 0 Å². The van der Waals surface area contributed by atoms with E-state index in [1.165, 1.54) is 25.7 Å². The van der Waals surface area contributed by atoms with Crippen molar-refractivity contribution in [3.05, 3.63) is 36.0 Å². The Morgan fingerprint density at radius 3 is 2.78 bits per heavy atom. The molecule has 1 saturated heterocycles. The van der Waals surface area contributed by atoms with Crippen molar-refractivity contribution in [1.82, 2.24) is 15.5 Å². The molecular formula is C19H25ClN4O3. The van der Waals surface area contributed by atoms with Crippen molar-refractivity contribution in [3.63, 3.8) is 0 Å². The van der Waals surface area contributed by atoms with Crippen molar-refractivity contribution in [1.29, 1.82) is 0 Å². The van der Waals surface area contributed by atoms with E-state index in [1.54, 1.807) is 6.92 Å². The number of halogens is 1. The minimum atomic E-state index is -0.0829. The van der Waals surface area contributed by atoms with Crippen molar-refractivity contribution in [3.8, 4) is 5.75 Å². The Morgan fingerprint density at radius 2 is 2.07 bits per heavy atom. The molecule has 7 nitrogen and oxygen atoms in total. The topological polar surface area (TPSA) is 89.3 Å². The number of amides is 1. The van der Waals surface area contributed by atoms with E-state index >= 15 is 0 Å². The second kappa shape index (κ2) is 8.71. The third-order valence-electron chi connectivity index (χ3n) is 5.24. The first-order chi connectivity index (χ1) is 12.7. The molecule has 0 bridgehead atoms. The van der Waals surface area contributed by atoms with Crippen molar-refractivity contribution in [2.45, 2.75) is 57.7 Å². The van der Waals surface area contributed by atoms with Gasteiger partial charge in [-0.2, -0.15) is 4.98 Å². The molecule has 1 aliphatic heterocycles. The Labute approximate surface area is 164 Å². The van der Waals surface area contributed by atoms with E-state index in [1.807, 2.05) is 24.3 Å². The quantitative estimate of drug-likeness (QED) is 0.811. The Bertz CT molecular complexity index is 751. The Hall–Kier alpha value is -2.12. The minimum absolute atomic E-state index is 0. The lowest BCUT2D eigenvalue weighted by molar-refractivity contribution is -0.117. The van der Waals surface area contributed by atoms with Gasteiger partial charge in [-0.3, -0.25) is 4.79 Å². The molecule has 1 saturated carbocycles. The minimum Gasteiger partial charge on any atom is -0.485 e. The smallest absolute Gasteiger partial charge is 0.241 e. The molecule has 0 spiro atoms. The number of anilines is 1. The van der Waals surface area contributed by atoms with Gasteiger partial charge in [0.2, 0.25) is 17.6 Å². The number of carbonyl (C=O) groups is 1. The highest BCUT2D eigenvalue weighted by molar-refractivity contribution is 5.95. The predicted octanol–water partition coefficient (Wildman–Crippen LogP) is 3.24. The van der Waals surface area contributed by atoms with Crippen LogP contribution in [0.5, 0.6) is 5.75 Å². The van der Waals surface area contributed by atoms with Crippen LogP contribution in [0, 0.1) is 12.8 Å². The number of rotatable bonds is 5. The molecule has 2 aliphatic rings. The van der Waals surface area contributed by atoms with Crippen LogP contribution < -0.4 is 15.4 Å². The Morgan fingerprint density at radius 1 is 1.30 bits per heavy atom. The molecule has 2 heterocycles. The number of carbonyl (C=O) groups excluding carboxylic acids is 1. The fourth-order valence-electron chi connectivity index (χ4n) is 3.93. The highest BCUT2D eigenvalue weighted by Crippen LogP contribution is 2.33. The second-order valence-electron chi connectivity index (χ2n) is 7.14. The lowest BCUT2D eigenvalue weighted by atomic mass is 9.85. The SMILES string of the molecule is Cc1nc(COc2ccc(NC(=O)C3CC4CCCCC4N3)cc2)no1.Cl. The molecule has 1 aromatic heterocycles. The van der Waals surface area contributed by atoms with Gasteiger partial charge in [-0.1, -0.05) is 18.0 Å². The molecule has 1 amide bonds. The van der Waals surface area contributed by atoms with Gasteiger partial charge in [0.15, 0.2) is 6.61 Å². The lowest BCUT2D eigenvalue weighted by Crippen LogP contribution is -2.39. The van der Waals surface area contributed by atoms with Crippen LogP contribution in [-0.2, 0) is 11.4 Å². The first kappa shape index (κ1) is 19.6. The fraction of sp³-hybridized carbons (Fsp3) is 0.526. The summed E-state index contributed by atoms with van der Waals surface area (Å²) in [5.74, 6) is 2.42. The van der Waals surface area contributed by atoms with Gasteiger partial charge in [0.25, 0.3) is 0 Å². The lowest BCUT2D eigenvalue weighted by Gasteiger charge is -2.24. The number of hydrogen-bond acceptors (Lipinski definition) is 6. The van der Waals surface area contributed by atoms with Gasteiger partial charge in [-0.25, -0.2) is 0 Å². The zero-order chi connectivity index (χ0) is 17.9. The van der Waals surface area contributed by atoms with Crippen LogP contribution in [0.4, 0.5) is 5.69 Å². The third kappa shape index (κ3) is 4.78. The third-order valence-corrected chi connectivity index (χ3v) is 5.24. The number of aromatic nitrogens is 2. The molecule has 2 fully saturated rings. The highest BCUT2D eigenvalue weighted by atomic mass is 35.5. The summed E-state index contributed by atoms with van der Waals surface area (Å²) < 4.78 is 10.5. The molecule has 1 aliphatic carbocycles. The molecule has 4 rings (SSSR count). The van der Waals surface area contributed by atoms with Crippen molar-refractivity contribution < 1.29 is 14.1 Å². The maximum Gasteiger partial charge on any atom is 0.241 e. The first-order valence-corrected chi connectivity index (χ1v) is 9.26. The van der Waals surface area contributed by atoms with Crippen LogP contribution in [-0.4, -0.2) is 28.1 Å². The van der Waals surface area contributed by atoms with Crippen LogP contribution in [0.15, 0.2) is 28.8 Å². The number of aryl methyl sites for hydroxylation is 1. The van der Waals surface area contributed by atoms with E-state index in [9.17, 15) is 4.79 Å². The van der Waals surface area contributed by atoms with Crippen molar-refractivity contribution in [2.24, 2.45) is 5.92 Å². The first-order valence-electron chi connectivity index (χ1n) is 9.26. The van der Waals surface area contributed by atoms with Gasteiger partial charge in [0.1, 0.15) is 5.75 Å². The maximum atomic E-state index is 12.5. The molecule has 2 N–H and O–H groups in total. The van der Waals surface area contributed by atoms with Gasteiger partial charge in [0.05, 0.1) is 6.04 Å². The van der Waals surface area contributed by atoms with Gasteiger partial charge in [-0.15, -0.1) is 12.4 Å². The molecule has 27 heavy (non-hydrogen) atoms. The summed E-state index contributed by atoms with van der Waals surface area (Å²) in [6.07, 6.45) is 5.95. The summed E-state index contributed by atoms with van der Waals surface area (Å²) in [7, 11) is 0. The molecule has 0 radical (unpaired) electrons. The van der Waals surface area contributed by atoms with E-state index in [4.69, 9.17) is 9.26 Å². The van der Waals surface area contributed by atoms with Gasteiger partial charge < -0.3 is 19.9 Å². The average molecular weight is 393 g/mol. The normalized spacial score (nSPS) is 24.0. The molecule has 3 atom stereocenters. The van der Waals surface area contributed by atoms with E-state index in [-0.39, 0.29) is 31.0 Å². The number of fused-ring (bicyclic) bond motifs is 1. The van der Waals surface area contributed by atoms with Gasteiger partial charge in [-0.05, 0) is 49.4 Å². The molecule has 2 aromatic rings. The summed E-state index contributed by atoms with van der Waals surface area (Å²) in [6.45, 7) is 1.99. The van der Waals surface area contributed by atoms with Crippen LogP contribution in [0.3, 0.4) is 0 Å². The monoisotopic (exact) mass is 392 g/mol. The maximum absolute atomic E-state index is 12.5. The van der Waals surface area contributed by atoms with Gasteiger partial charge >= 0.3 is 0 Å². The molecule has 8 heteroatoms. The standard InChI is InChI=1S/C19H24N4O3.ClH/c1-12-20-18(23-26-12)11-25-15-8-6-14(7-9-15)21-19(24)17-10-13-4-2-3-5-16(13)22-17;/h6-9,13,16-17,22H,2-5,10-11H2,1H3,(H,21,24);1H. The van der Waals surface area contributed by atoms with Crippen LogP contribution in [0.2, 0.25) is 0 Å². The average Bonchev–Trinajstić information content (AvgIpc) is 3.27. The number of hydrogen-bond donors (Lipinski definition) is 2. The predicted molar refractivity (Wildman–Crippen MR) is 103 cm³/mol.